The van der Waals surface area contributed by atoms with E-state index >= 15 is 0 Å². The number of carbonyl (C=O) groups is 1. The SMILES string of the molecule is O=C(C=C1CCCCC1)N=C=S. The lowest BCUT2D eigenvalue weighted by molar-refractivity contribution is -0.113. The molecule has 64 valence electrons. The van der Waals surface area contributed by atoms with Crippen LogP contribution in [-0.2, 0) is 4.79 Å². The van der Waals surface area contributed by atoms with Crippen molar-refractivity contribution in [3.05, 3.63) is 11.6 Å². The van der Waals surface area contributed by atoms with Crippen molar-refractivity contribution in [3.63, 3.8) is 0 Å². The van der Waals surface area contributed by atoms with Crippen LogP contribution < -0.4 is 0 Å². The highest BCUT2D eigenvalue weighted by atomic mass is 32.1. The summed E-state index contributed by atoms with van der Waals surface area (Å²) in [6, 6.07) is 0. The fourth-order valence-electron chi connectivity index (χ4n) is 1.40. The number of rotatable bonds is 1. The number of hydrogen-bond acceptors (Lipinski definition) is 2. The maximum Gasteiger partial charge on any atom is 0.278 e. The second kappa shape index (κ2) is 4.96. The fraction of sp³-hybridized carbons (Fsp3) is 0.556. The number of thiocarbonyl (C=S) groups is 1. The molecule has 0 spiro atoms. The number of amides is 1. The van der Waals surface area contributed by atoms with Gasteiger partial charge in [0.05, 0.1) is 5.16 Å². The summed E-state index contributed by atoms with van der Waals surface area (Å²) >= 11 is 4.33. The van der Waals surface area contributed by atoms with Gasteiger partial charge in [-0.05, 0) is 37.9 Å². The van der Waals surface area contributed by atoms with E-state index in [2.05, 4.69) is 22.4 Å². The predicted molar refractivity (Wildman–Crippen MR) is 51.2 cm³/mol. The second-order valence-corrected chi connectivity index (χ2v) is 3.09. The molecule has 0 aromatic rings. The number of nitrogens with zero attached hydrogens (tertiary/aromatic N) is 1. The molecule has 12 heavy (non-hydrogen) atoms. The molecule has 1 rings (SSSR count). The van der Waals surface area contributed by atoms with Crippen LogP contribution in [0.25, 0.3) is 0 Å². The first-order valence-corrected chi connectivity index (χ1v) is 4.55. The lowest BCUT2D eigenvalue weighted by Crippen LogP contribution is -1.96. The molecular formula is C9H11NOS. The minimum Gasteiger partial charge on any atom is -0.267 e. The Morgan fingerprint density at radius 2 is 2.08 bits per heavy atom. The average Bonchev–Trinajstić information content (AvgIpc) is 2.06. The lowest BCUT2D eigenvalue weighted by Gasteiger charge is -2.11. The van der Waals surface area contributed by atoms with Crippen LogP contribution in [-0.4, -0.2) is 11.1 Å². The second-order valence-electron chi connectivity index (χ2n) is 2.90. The molecule has 3 heteroatoms. The minimum absolute atomic E-state index is 0.262. The zero-order valence-corrected chi connectivity index (χ0v) is 7.69. The summed E-state index contributed by atoms with van der Waals surface area (Å²) in [5.74, 6) is -0.262. The van der Waals surface area contributed by atoms with Crippen molar-refractivity contribution in [1.29, 1.82) is 0 Å². The van der Waals surface area contributed by atoms with E-state index < -0.39 is 0 Å². The van der Waals surface area contributed by atoms with Crippen LogP contribution in [0.5, 0.6) is 0 Å². The number of hydrogen-bond donors (Lipinski definition) is 0. The highest BCUT2D eigenvalue weighted by Crippen LogP contribution is 2.22. The molecule has 1 fully saturated rings. The van der Waals surface area contributed by atoms with Crippen LogP contribution in [0, 0.1) is 0 Å². The third-order valence-electron chi connectivity index (χ3n) is 1.98. The highest BCUT2D eigenvalue weighted by Gasteiger charge is 2.06. The molecule has 2 nitrogen and oxygen atoms in total. The van der Waals surface area contributed by atoms with E-state index in [-0.39, 0.29) is 5.91 Å². The summed E-state index contributed by atoms with van der Waals surface area (Å²) in [5, 5.41) is 2.07. The Bertz CT molecular complexity index is 243. The van der Waals surface area contributed by atoms with E-state index in [1.54, 1.807) is 6.08 Å². The molecule has 1 aliphatic rings. The molecule has 0 unspecified atom stereocenters. The van der Waals surface area contributed by atoms with Crippen molar-refractivity contribution in [2.45, 2.75) is 32.1 Å². The topological polar surface area (TPSA) is 29.4 Å². The Kier molecular flexibility index (Phi) is 3.85. The van der Waals surface area contributed by atoms with Crippen LogP contribution in [0.2, 0.25) is 0 Å². The summed E-state index contributed by atoms with van der Waals surface area (Å²) in [4.78, 5) is 14.3. The summed E-state index contributed by atoms with van der Waals surface area (Å²) in [7, 11) is 0. The first-order chi connectivity index (χ1) is 5.83. The molecule has 0 saturated heterocycles. The van der Waals surface area contributed by atoms with Gasteiger partial charge in [0.1, 0.15) is 0 Å². The van der Waals surface area contributed by atoms with Gasteiger partial charge in [0.25, 0.3) is 5.91 Å². The zero-order valence-electron chi connectivity index (χ0n) is 6.88. The lowest BCUT2D eigenvalue weighted by atomic mass is 9.95. The summed E-state index contributed by atoms with van der Waals surface area (Å²) < 4.78 is 0. The van der Waals surface area contributed by atoms with Gasteiger partial charge in [-0.25, -0.2) is 0 Å². The number of isothiocyanates is 1. The van der Waals surface area contributed by atoms with Crippen molar-refractivity contribution >= 4 is 23.3 Å². The quantitative estimate of drug-likeness (QED) is 0.353. The molecule has 0 N–H and O–H groups in total. The zero-order chi connectivity index (χ0) is 8.81. The summed E-state index contributed by atoms with van der Waals surface area (Å²) in [6.45, 7) is 0. The Labute approximate surface area is 77.4 Å². The standard InChI is InChI=1S/C9H11NOS/c11-9(10-7-12)6-8-4-2-1-3-5-8/h6H,1-5H2. The Morgan fingerprint density at radius 3 is 2.67 bits per heavy atom. The Hall–Kier alpha value is -0.790. The largest absolute Gasteiger partial charge is 0.278 e. The van der Waals surface area contributed by atoms with Gasteiger partial charge in [-0.3, -0.25) is 4.79 Å². The molecular weight excluding hydrogens is 170 g/mol. The van der Waals surface area contributed by atoms with E-state index in [0.29, 0.717) is 0 Å². The molecule has 0 aromatic carbocycles. The third kappa shape index (κ3) is 3.07. The van der Waals surface area contributed by atoms with Crippen LogP contribution in [0.1, 0.15) is 32.1 Å². The maximum absolute atomic E-state index is 10.9. The van der Waals surface area contributed by atoms with Crippen LogP contribution in [0.15, 0.2) is 16.6 Å². The minimum atomic E-state index is -0.262. The van der Waals surface area contributed by atoms with Crippen molar-refractivity contribution in [3.8, 4) is 0 Å². The van der Waals surface area contributed by atoms with Gasteiger partial charge >= 0.3 is 0 Å². The Balaban J connectivity index is 2.54. The molecule has 0 aromatic heterocycles. The van der Waals surface area contributed by atoms with Crippen molar-refractivity contribution in [1.82, 2.24) is 0 Å². The van der Waals surface area contributed by atoms with Gasteiger partial charge in [0.15, 0.2) is 0 Å². The van der Waals surface area contributed by atoms with Gasteiger partial charge < -0.3 is 0 Å². The van der Waals surface area contributed by atoms with E-state index in [9.17, 15) is 4.79 Å². The molecule has 1 saturated carbocycles. The van der Waals surface area contributed by atoms with Gasteiger partial charge in [-0.15, -0.1) is 0 Å². The Morgan fingerprint density at radius 1 is 1.42 bits per heavy atom. The van der Waals surface area contributed by atoms with E-state index in [1.807, 2.05) is 0 Å². The van der Waals surface area contributed by atoms with Crippen LogP contribution in [0.4, 0.5) is 0 Å². The predicted octanol–water partition coefficient (Wildman–Crippen LogP) is 2.51. The van der Waals surface area contributed by atoms with Crippen LogP contribution in [0.3, 0.4) is 0 Å². The number of aliphatic imine (C=N–C) groups is 1. The molecule has 0 bridgehead atoms. The molecule has 0 atom stereocenters. The number of carbonyl (C=O) groups excluding carboxylic acids is 1. The van der Waals surface area contributed by atoms with Gasteiger partial charge in [-0.1, -0.05) is 12.0 Å². The third-order valence-corrected chi connectivity index (χ3v) is 2.07. The average molecular weight is 181 g/mol. The van der Waals surface area contributed by atoms with E-state index in [1.165, 1.54) is 24.8 Å². The first-order valence-electron chi connectivity index (χ1n) is 4.14. The fourth-order valence-corrected chi connectivity index (χ4v) is 1.49. The van der Waals surface area contributed by atoms with Gasteiger partial charge in [0.2, 0.25) is 0 Å². The molecule has 1 amide bonds. The van der Waals surface area contributed by atoms with Gasteiger partial charge in [-0.2, -0.15) is 4.99 Å². The van der Waals surface area contributed by atoms with Crippen molar-refractivity contribution in [2.24, 2.45) is 4.99 Å². The van der Waals surface area contributed by atoms with Gasteiger partial charge in [0, 0.05) is 6.08 Å². The first kappa shape index (κ1) is 9.30. The molecule has 1 aliphatic carbocycles. The monoisotopic (exact) mass is 181 g/mol. The number of allylic oxidation sites excluding steroid dienone is 1. The van der Waals surface area contributed by atoms with Crippen molar-refractivity contribution in [2.75, 3.05) is 0 Å². The molecule has 0 radical (unpaired) electrons. The van der Waals surface area contributed by atoms with Crippen molar-refractivity contribution < 1.29 is 4.79 Å². The summed E-state index contributed by atoms with van der Waals surface area (Å²) in [6.07, 6.45) is 7.35. The van der Waals surface area contributed by atoms with Crippen LogP contribution >= 0.6 is 12.2 Å². The molecule has 0 aliphatic heterocycles. The summed E-state index contributed by atoms with van der Waals surface area (Å²) in [5.41, 5.74) is 1.21. The smallest absolute Gasteiger partial charge is 0.267 e. The van der Waals surface area contributed by atoms with E-state index in [4.69, 9.17) is 0 Å². The normalized spacial score (nSPS) is 16.5. The maximum atomic E-state index is 10.9. The highest BCUT2D eigenvalue weighted by molar-refractivity contribution is 7.78. The van der Waals surface area contributed by atoms with E-state index in [0.717, 1.165) is 12.8 Å². The molecule has 0 heterocycles.